The highest BCUT2D eigenvalue weighted by molar-refractivity contribution is 5.54. The van der Waals surface area contributed by atoms with E-state index in [1.165, 1.54) is 5.56 Å². The molecule has 0 radical (unpaired) electrons. The lowest BCUT2D eigenvalue weighted by Gasteiger charge is -2.34. The summed E-state index contributed by atoms with van der Waals surface area (Å²) in [6.45, 7) is 10.4. The largest absolute Gasteiger partial charge is 0.338 e. The Kier molecular flexibility index (Phi) is 4.85. The highest BCUT2D eigenvalue weighted by atomic mass is 16.5. The van der Waals surface area contributed by atoms with Crippen molar-refractivity contribution in [3.8, 4) is 11.4 Å². The molecule has 0 bridgehead atoms. The molecular formula is C20H24N6O. The number of piperazine rings is 1. The minimum atomic E-state index is 0.646. The first-order valence-corrected chi connectivity index (χ1v) is 9.25. The number of anilines is 1. The summed E-state index contributed by atoms with van der Waals surface area (Å²) in [7, 11) is 0. The molecule has 4 rings (SSSR count). The van der Waals surface area contributed by atoms with E-state index in [1.807, 2.05) is 32.2 Å². The summed E-state index contributed by atoms with van der Waals surface area (Å²) in [4.78, 5) is 18.2. The van der Waals surface area contributed by atoms with Crippen LogP contribution in [0.5, 0.6) is 0 Å². The Morgan fingerprint density at radius 1 is 0.963 bits per heavy atom. The Morgan fingerprint density at radius 3 is 2.41 bits per heavy atom. The second kappa shape index (κ2) is 7.44. The fraction of sp³-hybridized carbons (Fsp3) is 0.400. The number of aryl methyl sites for hydroxylation is 3. The molecule has 0 aliphatic carbocycles. The Bertz CT molecular complexity index is 912. The van der Waals surface area contributed by atoms with Gasteiger partial charge in [-0.15, -0.1) is 0 Å². The van der Waals surface area contributed by atoms with Crippen LogP contribution in [-0.4, -0.2) is 51.2 Å². The molecule has 1 aliphatic rings. The SMILES string of the molecule is Cc1ccc(-c2noc(CN3CCN(c4ncc(C)c(C)n4)CC3)n2)cc1. The average Bonchev–Trinajstić information content (AvgIpc) is 3.14. The van der Waals surface area contributed by atoms with E-state index in [-0.39, 0.29) is 0 Å². The van der Waals surface area contributed by atoms with Crippen molar-refractivity contribution in [2.24, 2.45) is 0 Å². The number of aromatic nitrogens is 4. The molecule has 1 aromatic carbocycles. The van der Waals surface area contributed by atoms with Crippen LogP contribution >= 0.6 is 0 Å². The summed E-state index contributed by atoms with van der Waals surface area (Å²) in [6.07, 6.45) is 1.90. The van der Waals surface area contributed by atoms with Gasteiger partial charge in [-0.2, -0.15) is 4.98 Å². The van der Waals surface area contributed by atoms with Gasteiger partial charge in [-0.3, -0.25) is 4.90 Å². The fourth-order valence-corrected chi connectivity index (χ4v) is 3.10. The van der Waals surface area contributed by atoms with Gasteiger partial charge in [0.05, 0.1) is 6.54 Å². The number of hydrogen-bond donors (Lipinski definition) is 0. The average molecular weight is 364 g/mol. The predicted molar refractivity (Wildman–Crippen MR) is 103 cm³/mol. The normalized spacial score (nSPS) is 15.3. The van der Waals surface area contributed by atoms with Crippen molar-refractivity contribution in [1.82, 2.24) is 25.0 Å². The van der Waals surface area contributed by atoms with E-state index >= 15 is 0 Å². The van der Waals surface area contributed by atoms with Gasteiger partial charge in [0.1, 0.15) is 0 Å². The molecule has 2 aromatic heterocycles. The van der Waals surface area contributed by atoms with Crippen molar-refractivity contribution in [2.75, 3.05) is 31.1 Å². The summed E-state index contributed by atoms with van der Waals surface area (Å²) in [5, 5.41) is 4.12. The first kappa shape index (κ1) is 17.6. The van der Waals surface area contributed by atoms with Crippen LogP contribution in [0.3, 0.4) is 0 Å². The zero-order valence-electron chi connectivity index (χ0n) is 16.0. The van der Waals surface area contributed by atoms with Crippen LogP contribution in [-0.2, 0) is 6.54 Å². The summed E-state index contributed by atoms with van der Waals surface area (Å²) in [5.41, 5.74) is 4.36. The van der Waals surface area contributed by atoms with Crippen LogP contribution < -0.4 is 4.90 Å². The van der Waals surface area contributed by atoms with Crippen molar-refractivity contribution >= 4 is 5.95 Å². The first-order valence-electron chi connectivity index (χ1n) is 9.25. The monoisotopic (exact) mass is 364 g/mol. The van der Waals surface area contributed by atoms with Gasteiger partial charge < -0.3 is 9.42 Å². The lowest BCUT2D eigenvalue weighted by Crippen LogP contribution is -2.46. The van der Waals surface area contributed by atoms with Crippen LogP contribution in [0.1, 0.15) is 22.7 Å². The van der Waals surface area contributed by atoms with E-state index in [0.717, 1.165) is 48.9 Å². The van der Waals surface area contributed by atoms with Crippen LogP contribution in [0, 0.1) is 20.8 Å². The van der Waals surface area contributed by atoms with Gasteiger partial charge in [0.15, 0.2) is 0 Å². The molecule has 1 saturated heterocycles. The topological polar surface area (TPSA) is 71.2 Å². The van der Waals surface area contributed by atoms with Crippen molar-refractivity contribution < 1.29 is 4.52 Å². The molecular weight excluding hydrogens is 340 g/mol. The molecule has 0 saturated carbocycles. The number of nitrogens with zero attached hydrogens (tertiary/aromatic N) is 6. The second-order valence-corrected chi connectivity index (χ2v) is 7.08. The quantitative estimate of drug-likeness (QED) is 0.705. The molecule has 0 amide bonds. The molecule has 0 unspecified atom stereocenters. The summed E-state index contributed by atoms with van der Waals surface area (Å²) in [6, 6.07) is 8.15. The zero-order valence-corrected chi connectivity index (χ0v) is 16.0. The maximum absolute atomic E-state index is 5.45. The minimum Gasteiger partial charge on any atom is -0.338 e. The second-order valence-electron chi connectivity index (χ2n) is 7.08. The molecule has 7 heteroatoms. The van der Waals surface area contributed by atoms with Crippen molar-refractivity contribution in [3.05, 3.63) is 53.2 Å². The molecule has 7 nitrogen and oxygen atoms in total. The van der Waals surface area contributed by atoms with Crippen molar-refractivity contribution in [1.29, 1.82) is 0 Å². The minimum absolute atomic E-state index is 0.646. The summed E-state index contributed by atoms with van der Waals surface area (Å²) in [5.74, 6) is 2.12. The third-order valence-electron chi connectivity index (χ3n) is 5.00. The lowest BCUT2D eigenvalue weighted by atomic mass is 10.1. The maximum Gasteiger partial charge on any atom is 0.241 e. The van der Waals surface area contributed by atoms with Gasteiger partial charge in [-0.05, 0) is 26.3 Å². The highest BCUT2D eigenvalue weighted by Crippen LogP contribution is 2.18. The van der Waals surface area contributed by atoms with Crippen LogP contribution in [0.2, 0.25) is 0 Å². The van der Waals surface area contributed by atoms with E-state index in [2.05, 4.69) is 49.0 Å². The first-order chi connectivity index (χ1) is 13.1. The Hall–Kier alpha value is -2.80. The number of rotatable bonds is 4. The van der Waals surface area contributed by atoms with Gasteiger partial charge in [0.2, 0.25) is 17.7 Å². The van der Waals surface area contributed by atoms with E-state index in [0.29, 0.717) is 18.3 Å². The highest BCUT2D eigenvalue weighted by Gasteiger charge is 2.21. The maximum atomic E-state index is 5.45. The smallest absolute Gasteiger partial charge is 0.241 e. The number of hydrogen-bond acceptors (Lipinski definition) is 7. The van der Waals surface area contributed by atoms with Gasteiger partial charge in [-0.25, -0.2) is 9.97 Å². The Balaban J connectivity index is 1.35. The van der Waals surface area contributed by atoms with Crippen LogP contribution in [0.25, 0.3) is 11.4 Å². The summed E-state index contributed by atoms with van der Waals surface area (Å²) >= 11 is 0. The van der Waals surface area contributed by atoms with Crippen LogP contribution in [0.15, 0.2) is 35.0 Å². The summed E-state index contributed by atoms with van der Waals surface area (Å²) < 4.78 is 5.45. The molecule has 0 N–H and O–H groups in total. The van der Waals surface area contributed by atoms with Crippen molar-refractivity contribution in [2.45, 2.75) is 27.3 Å². The predicted octanol–water partition coefficient (Wildman–Crippen LogP) is 2.77. The third-order valence-corrected chi connectivity index (χ3v) is 5.00. The Labute approximate surface area is 159 Å². The molecule has 1 aliphatic heterocycles. The molecule has 0 spiro atoms. The van der Waals surface area contributed by atoms with E-state index in [9.17, 15) is 0 Å². The van der Waals surface area contributed by atoms with Crippen molar-refractivity contribution in [3.63, 3.8) is 0 Å². The number of benzene rings is 1. The van der Waals surface area contributed by atoms with Gasteiger partial charge in [-0.1, -0.05) is 35.0 Å². The van der Waals surface area contributed by atoms with Gasteiger partial charge in [0.25, 0.3) is 0 Å². The van der Waals surface area contributed by atoms with E-state index in [4.69, 9.17) is 4.52 Å². The molecule has 0 atom stereocenters. The molecule has 1 fully saturated rings. The fourth-order valence-electron chi connectivity index (χ4n) is 3.10. The lowest BCUT2D eigenvalue weighted by molar-refractivity contribution is 0.214. The van der Waals surface area contributed by atoms with Gasteiger partial charge >= 0.3 is 0 Å². The Morgan fingerprint density at radius 2 is 1.70 bits per heavy atom. The van der Waals surface area contributed by atoms with Crippen LogP contribution in [0.4, 0.5) is 5.95 Å². The standard InChI is InChI=1S/C20H24N6O/c1-14-4-6-17(7-5-14)19-23-18(27-24-19)13-25-8-10-26(11-9-25)20-21-12-15(2)16(3)22-20/h4-7,12H,8-11,13H2,1-3H3. The molecule has 140 valence electrons. The van der Waals surface area contributed by atoms with E-state index in [1.54, 1.807) is 0 Å². The van der Waals surface area contributed by atoms with E-state index < -0.39 is 0 Å². The molecule has 3 aromatic rings. The zero-order chi connectivity index (χ0) is 18.8. The third kappa shape index (κ3) is 3.98. The molecule has 3 heterocycles. The molecule has 27 heavy (non-hydrogen) atoms. The van der Waals surface area contributed by atoms with Gasteiger partial charge in [0, 0.05) is 43.6 Å².